The van der Waals surface area contributed by atoms with E-state index < -0.39 is 0 Å². The van der Waals surface area contributed by atoms with Crippen LogP contribution in [-0.2, 0) is 5.41 Å². The summed E-state index contributed by atoms with van der Waals surface area (Å²) in [6.07, 6.45) is 0. The molecule has 2 aromatic rings. The zero-order chi connectivity index (χ0) is 14.8. The number of nitrogens with one attached hydrogen (secondary N) is 1. The van der Waals surface area contributed by atoms with Crippen LogP contribution in [0, 0.1) is 3.57 Å². The fourth-order valence-electron chi connectivity index (χ4n) is 1.82. The van der Waals surface area contributed by atoms with Crippen LogP contribution in [0.5, 0.6) is 0 Å². The molecule has 0 aliphatic rings. The van der Waals surface area contributed by atoms with E-state index in [-0.39, 0.29) is 11.3 Å². The third-order valence-corrected chi connectivity index (χ3v) is 5.65. The van der Waals surface area contributed by atoms with Crippen molar-refractivity contribution >= 4 is 55.8 Å². The van der Waals surface area contributed by atoms with Crippen LogP contribution >= 0.6 is 49.9 Å². The van der Waals surface area contributed by atoms with E-state index in [0.717, 1.165) is 8.04 Å². The monoisotopic (exact) mass is 463 g/mol. The summed E-state index contributed by atoms with van der Waals surface area (Å²) in [6, 6.07) is 9.91. The zero-order valence-corrected chi connectivity index (χ0v) is 15.8. The summed E-state index contributed by atoms with van der Waals surface area (Å²) in [6.45, 7) is 4.90. The van der Waals surface area contributed by atoms with Crippen LogP contribution in [0.4, 0.5) is 0 Å². The maximum atomic E-state index is 12.3. The van der Waals surface area contributed by atoms with Gasteiger partial charge in [0, 0.05) is 24.9 Å². The third-order valence-electron chi connectivity index (χ3n) is 3.05. The summed E-state index contributed by atoms with van der Waals surface area (Å²) >= 11 is 7.36. The van der Waals surface area contributed by atoms with E-state index in [0.29, 0.717) is 12.1 Å². The van der Waals surface area contributed by atoms with Crippen molar-refractivity contribution in [2.24, 2.45) is 0 Å². The second-order valence-electron chi connectivity index (χ2n) is 5.17. The van der Waals surface area contributed by atoms with Gasteiger partial charge >= 0.3 is 0 Å². The lowest BCUT2D eigenvalue weighted by atomic mass is 9.91. The fourth-order valence-corrected chi connectivity index (χ4v) is 3.59. The van der Waals surface area contributed by atoms with Crippen LogP contribution in [-0.4, -0.2) is 12.5 Å². The number of hydrogen-bond acceptors (Lipinski definition) is 2. The molecule has 5 heteroatoms. The summed E-state index contributed by atoms with van der Waals surface area (Å²) in [4.78, 5) is 13.6. The van der Waals surface area contributed by atoms with Crippen LogP contribution in [0.3, 0.4) is 0 Å². The highest BCUT2D eigenvalue weighted by Crippen LogP contribution is 2.27. The van der Waals surface area contributed by atoms with Gasteiger partial charge in [0.25, 0.3) is 5.91 Å². The Morgan fingerprint density at radius 1 is 1.40 bits per heavy atom. The van der Waals surface area contributed by atoms with Gasteiger partial charge in [-0.25, -0.2) is 0 Å². The van der Waals surface area contributed by atoms with E-state index in [9.17, 15) is 4.79 Å². The molecule has 20 heavy (non-hydrogen) atoms. The molecule has 106 valence electrons. The topological polar surface area (TPSA) is 29.1 Å². The third kappa shape index (κ3) is 3.83. The molecule has 1 heterocycles. The van der Waals surface area contributed by atoms with Crippen molar-refractivity contribution in [3.8, 4) is 0 Å². The van der Waals surface area contributed by atoms with Crippen LogP contribution in [0.25, 0.3) is 0 Å². The molecule has 0 aliphatic carbocycles. The van der Waals surface area contributed by atoms with Crippen LogP contribution in [0.15, 0.2) is 40.2 Å². The lowest BCUT2D eigenvalue weighted by Crippen LogP contribution is -2.36. The Morgan fingerprint density at radius 3 is 2.80 bits per heavy atom. The molecular formula is C15H15BrINOS. The van der Waals surface area contributed by atoms with Crippen molar-refractivity contribution in [1.29, 1.82) is 0 Å². The van der Waals surface area contributed by atoms with E-state index in [2.05, 4.69) is 69.1 Å². The average Bonchev–Trinajstić information content (AvgIpc) is 2.93. The Morgan fingerprint density at radius 2 is 2.15 bits per heavy atom. The summed E-state index contributed by atoms with van der Waals surface area (Å²) in [5, 5.41) is 5.09. The number of carbonyl (C=O) groups is 1. The summed E-state index contributed by atoms with van der Waals surface area (Å²) in [5.74, 6) is -0.0416. The van der Waals surface area contributed by atoms with Crippen molar-refractivity contribution in [1.82, 2.24) is 5.32 Å². The molecule has 1 amide bonds. The minimum Gasteiger partial charge on any atom is -0.351 e. The van der Waals surface area contributed by atoms with E-state index >= 15 is 0 Å². The van der Waals surface area contributed by atoms with Gasteiger partial charge in [-0.2, -0.15) is 0 Å². The van der Waals surface area contributed by atoms with E-state index in [4.69, 9.17) is 0 Å². The van der Waals surface area contributed by atoms with Gasteiger partial charge in [0.1, 0.15) is 0 Å². The molecule has 0 unspecified atom stereocenters. The summed E-state index contributed by atoms with van der Waals surface area (Å²) < 4.78 is 1.87. The predicted molar refractivity (Wildman–Crippen MR) is 96.5 cm³/mol. The number of carbonyl (C=O) groups excluding carboxylic acids is 1. The standard InChI is InChI=1S/C15H15BrINOS/c1-15(2,13-4-3-7-20-13)9-18-14(19)11-8-10(17)5-6-12(11)16/h3-8H,9H2,1-2H3,(H,18,19). The number of halogens is 2. The SMILES string of the molecule is CC(C)(CNC(=O)c1cc(I)ccc1Br)c1cccs1. The smallest absolute Gasteiger partial charge is 0.252 e. The van der Waals surface area contributed by atoms with E-state index in [1.165, 1.54) is 4.88 Å². The highest BCUT2D eigenvalue weighted by atomic mass is 127. The van der Waals surface area contributed by atoms with Crippen LogP contribution in [0.1, 0.15) is 29.1 Å². The summed E-state index contributed by atoms with van der Waals surface area (Å²) in [5.41, 5.74) is 0.622. The lowest BCUT2D eigenvalue weighted by Gasteiger charge is -2.23. The fraction of sp³-hybridized carbons (Fsp3) is 0.267. The molecule has 0 atom stereocenters. The Balaban J connectivity index is 2.07. The molecule has 0 fully saturated rings. The highest BCUT2D eigenvalue weighted by Gasteiger charge is 2.23. The Kier molecular flexibility index (Phi) is 5.25. The second-order valence-corrected chi connectivity index (χ2v) is 8.22. The molecule has 1 N–H and O–H groups in total. The maximum absolute atomic E-state index is 12.3. The predicted octanol–water partition coefficient (Wildman–Crippen LogP) is 4.82. The Bertz CT molecular complexity index is 610. The molecule has 2 nitrogen and oxygen atoms in total. The van der Waals surface area contributed by atoms with Gasteiger partial charge in [-0.15, -0.1) is 11.3 Å². The van der Waals surface area contributed by atoms with Gasteiger partial charge in [-0.1, -0.05) is 19.9 Å². The largest absolute Gasteiger partial charge is 0.351 e. The molecule has 0 bridgehead atoms. The first-order valence-electron chi connectivity index (χ1n) is 6.17. The molecule has 0 saturated heterocycles. The second kappa shape index (κ2) is 6.58. The maximum Gasteiger partial charge on any atom is 0.252 e. The molecule has 0 saturated carbocycles. The van der Waals surface area contributed by atoms with Gasteiger partial charge in [0.05, 0.1) is 5.56 Å². The van der Waals surface area contributed by atoms with Crippen LogP contribution in [0.2, 0.25) is 0 Å². The van der Waals surface area contributed by atoms with Gasteiger partial charge in [-0.3, -0.25) is 4.79 Å². The quantitative estimate of drug-likeness (QED) is 0.647. The molecule has 0 spiro atoms. The van der Waals surface area contributed by atoms with E-state index in [1.54, 1.807) is 11.3 Å². The first-order chi connectivity index (χ1) is 9.40. The minimum atomic E-state index is -0.0573. The summed E-state index contributed by atoms with van der Waals surface area (Å²) in [7, 11) is 0. The first-order valence-corrected chi connectivity index (χ1v) is 8.92. The number of rotatable bonds is 4. The molecule has 2 rings (SSSR count). The first kappa shape index (κ1) is 16.0. The molecule has 1 aromatic carbocycles. The molecule has 1 aromatic heterocycles. The minimum absolute atomic E-state index is 0.0416. The van der Waals surface area contributed by atoms with Gasteiger partial charge in [0.15, 0.2) is 0 Å². The number of thiophene rings is 1. The van der Waals surface area contributed by atoms with Crippen molar-refractivity contribution in [2.75, 3.05) is 6.54 Å². The molecule has 0 radical (unpaired) electrons. The highest BCUT2D eigenvalue weighted by molar-refractivity contribution is 14.1. The zero-order valence-electron chi connectivity index (χ0n) is 11.2. The average molecular weight is 464 g/mol. The number of amides is 1. The number of hydrogen-bond donors (Lipinski definition) is 1. The van der Waals surface area contributed by atoms with Crippen molar-refractivity contribution in [2.45, 2.75) is 19.3 Å². The lowest BCUT2D eigenvalue weighted by molar-refractivity contribution is 0.0945. The van der Waals surface area contributed by atoms with Crippen molar-refractivity contribution < 1.29 is 4.79 Å². The van der Waals surface area contributed by atoms with Gasteiger partial charge in [-0.05, 0) is 68.2 Å². The van der Waals surface area contributed by atoms with E-state index in [1.807, 2.05) is 24.3 Å². The molecule has 0 aliphatic heterocycles. The van der Waals surface area contributed by atoms with Crippen molar-refractivity contribution in [3.05, 3.63) is 54.2 Å². The van der Waals surface area contributed by atoms with Gasteiger partial charge < -0.3 is 5.32 Å². The van der Waals surface area contributed by atoms with Crippen LogP contribution < -0.4 is 5.32 Å². The normalized spacial score (nSPS) is 11.4. The number of benzene rings is 1. The van der Waals surface area contributed by atoms with Crippen molar-refractivity contribution in [3.63, 3.8) is 0 Å². The Hall–Kier alpha value is -0.400. The Labute approximate surface area is 145 Å². The molecular weight excluding hydrogens is 449 g/mol. The van der Waals surface area contributed by atoms with Gasteiger partial charge in [0.2, 0.25) is 0 Å².